The number of hydrogen-bond acceptors (Lipinski definition) is 3. The molecule has 19 heavy (non-hydrogen) atoms. The van der Waals surface area contributed by atoms with Gasteiger partial charge in [-0.05, 0) is 24.7 Å². The lowest BCUT2D eigenvalue weighted by Crippen LogP contribution is -2.51. The van der Waals surface area contributed by atoms with E-state index < -0.39 is 0 Å². The molecule has 0 aromatic rings. The lowest BCUT2D eigenvalue weighted by Gasteiger charge is -2.27. The quantitative estimate of drug-likeness (QED) is 0.829. The first-order valence-corrected chi connectivity index (χ1v) is 7.34. The third-order valence-corrected chi connectivity index (χ3v) is 4.13. The van der Waals surface area contributed by atoms with Crippen molar-refractivity contribution in [1.82, 2.24) is 10.6 Å². The molecule has 4 nitrogen and oxygen atoms in total. The Morgan fingerprint density at radius 3 is 2.95 bits per heavy atom. The molecular formula is C14H27ClN2O2. The monoisotopic (exact) mass is 290 g/mol. The van der Waals surface area contributed by atoms with Gasteiger partial charge in [0.25, 0.3) is 0 Å². The summed E-state index contributed by atoms with van der Waals surface area (Å²) in [6.45, 7) is 5.15. The van der Waals surface area contributed by atoms with E-state index in [2.05, 4.69) is 17.6 Å². The zero-order valence-electron chi connectivity index (χ0n) is 11.8. The molecule has 0 aromatic heterocycles. The Morgan fingerprint density at radius 2 is 2.26 bits per heavy atom. The molecule has 2 N–H and O–H groups in total. The van der Waals surface area contributed by atoms with Crippen LogP contribution in [-0.4, -0.2) is 38.3 Å². The second-order valence-corrected chi connectivity index (χ2v) is 5.80. The Kier molecular flexibility index (Phi) is 7.73. The van der Waals surface area contributed by atoms with Gasteiger partial charge in [0.1, 0.15) is 6.04 Å². The molecular weight excluding hydrogens is 264 g/mol. The number of morpholine rings is 1. The molecule has 5 heteroatoms. The van der Waals surface area contributed by atoms with E-state index in [9.17, 15) is 4.79 Å². The number of amides is 1. The first-order valence-electron chi connectivity index (χ1n) is 7.34. The largest absolute Gasteiger partial charge is 0.378 e. The zero-order chi connectivity index (χ0) is 12.8. The van der Waals surface area contributed by atoms with E-state index in [0.29, 0.717) is 13.2 Å². The fourth-order valence-corrected chi connectivity index (χ4v) is 3.08. The van der Waals surface area contributed by atoms with Crippen LogP contribution in [0.2, 0.25) is 0 Å². The summed E-state index contributed by atoms with van der Waals surface area (Å²) in [6, 6.07) is -0.149. The van der Waals surface area contributed by atoms with Crippen molar-refractivity contribution in [2.45, 2.75) is 45.1 Å². The molecule has 0 spiro atoms. The maximum atomic E-state index is 11.9. The van der Waals surface area contributed by atoms with Gasteiger partial charge < -0.3 is 15.4 Å². The standard InChI is InChI=1S/C14H26N2O2.ClH/c1-11-3-2-4-12(9-11)5-6-16-14(17)13-10-18-8-7-15-13;/h11-13,15H,2-10H2,1H3,(H,16,17);1H. The number of halogens is 1. The summed E-state index contributed by atoms with van der Waals surface area (Å²) in [5.74, 6) is 1.77. The molecule has 2 fully saturated rings. The van der Waals surface area contributed by atoms with Crippen LogP contribution in [0.4, 0.5) is 0 Å². The first-order chi connectivity index (χ1) is 8.75. The van der Waals surface area contributed by atoms with Crippen molar-refractivity contribution in [2.75, 3.05) is 26.3 Å². The van der Waals surface area contributed by atoms with Crippen molar-refractivity contribution in [2.24, 2.45) is 11.8 Å². The minimum atomic E-state index is -0.149. The normalized spacial score (nSPS) is 31.3. The number of hydrogen-bond donors (Lipinski definition) is 2. The van der Waals surface area contributed by atoms with Gasteiger partial charge in [-0.3, -0.25) is 4.79 Å². The number of carbonyl (C=O) groups is 1. The van der Waals surface area contributed by atoms with E-state index >= 15 is 0 Å². The van der Waals surface area contributed by atoms with E-state index in [1.165, 1.54) is 25.7 Å². The molecule has 1 heterocycles. The van der Waals surface area contributed by atoms with Crippen molar-refractivity contribution in [3.05, 3.63) is 0 Å². The molecule has 3 unspecified atom stereocenters. The topological polar surface area (TPSA) is 50.4 Å². The molecule has 0 bridgehead atoms. The fraction of sp³-hybridized carbons (Fsp3) is 0.929. The number of carbonyl (C=O) groups excluding carboxylic acids is 1. The zero-order valence-corrected chi connectivity index (χ0v) is 12.6. The summed E-state index contributed by atoms with van der Waals surface area (Å²) in [6.07, 6.45) is 6.54. The molecule has 112 valence electrons. The summed E-state index contributed by atoms with van der Waals surface area (Å²) < 4.78 is 5.29. The van der Waals surface area contributed by atoms with E-state index in [1.54, 1.807) is 0 Å². The van der Waals surface area contributed by atoms with Crippen LogP contribution in [0.5, 0.6) is 0 Å². The van der Waals surface area contributed by atoms with Crippen molar-refractivity contribution in [3.63, 3.8) is 0 Å². The number of rotatable bonds is 4. The van der Waals surface area contributed by atoms with Gasteiger partial charge in [-0.2, -0.15) is 0 Å². The van der Waals surface area contributed by atoms with Crippen LogP contribution in [0.1, 0.15) is 39.0 Å². The summed E-state index contributed by atoms with van der Waals surface area (Å²) in [5.41, 5.74) is 0. The molecule has 0 aromatic carbocycles. The van der Waals surface area contributed by atoms with Crippen LogP contribution in [0.15, 0.2) is 0 Å². The SMILES string of the molecule is CC1CCCC(CCNC(=O)C2COCCN2)C1.Cl. The second kappa shape index (κ2) is 8.77. The van der Waals surface area contributed by atoms with E-state index in [1.807, 2.05) is 0 Å². The predicted molar refractivity (Wildman–Crippen MR) is 78.6 cm³/mol. The van der Waals surface area contributed by atoms with Gasteiger partial charge in [-0.25, -0.2) is 0 Å². The van der Waals surface area contributed by atoms with Crippen LogP contribution in [0.3, 0.4) is 0 Å². The Bertz CT molecular complexity index is 270. The first kappa shape index (κ1) is 16.7. The van der Waals surface area contributed by atoms with Crippen LogP contribution in [0.25, 0.3) is 0 Å². The highest BCUT2D eigenvalue weighted by molar-refractivity contribution is 5.85. The van der Waals surface area contributed by atoms with Gasteiger partial charge in [0, 0.05) is 13.1 Å². The summed E-state index contributed by atoms with van der Waals surface area (Å²) in [5, 5.41) is 6.21. The highest BCUT2D eigenvalue weighted by Crippen LogP contribution is 2.30. The molecule has 1 amide bonds. The van der Waals surface area contributed by atoms with Crippen molar-refractivity contribution >= 4 is 18.3 Å². The Labute approximate surface area is 122 Å². The third kappa shape index (κ3) is 5.67. The van der Waals surface area contributed by atoms with Gasteiger partial charge in [-0.1, -0.05) is 26.2 Å². The van der Waals surface area contributed by atoms with Crippen LogP contribution < -0.4 is 10.6 Å². The molecule has 1 aliphatic carbocycles. The van der Waals surface area contributed by atoms with E-state index in [0.717, 1.165) is 31.3 Å². The van der Waals surface area contributed by atoms with Crippen molar-refractivity contribution in [3.8, 4) is 0 Å². The van der Waals surface area contributed by atoms with E-state index in [-0.39, 0.29) is 24.4 Å². The molecule has 1 aliphatic heterocycles. The molecule has 1 saturated heterocycles. The predicted octanol–water partition coefficient (Wildman–Crippen LogP) is 1.73. The third-order valence-electron chi connectivity index (χ3n) is 4.13. The van der Waals surface area contributed by atoms with Crippen LogP contribution in [0, 0.1) is 11.8 Å². The van der Waals surface area contributed by atoms with Gasteiger partial charge in [0.15, 0.2) is 0 Å². The highest BCUT2D eigenvalue weighted by Gasteiger charge is 2.22. The number of nitrogens with one attached hydrogen (secondary N) is 2. The highest BCUT2D eigenvalue weighted by atomic mass is 35.5. The Balaban J connectivity index is 0.00000180. The maximum absolute atomic E-state index is 11.9. The smallest absolute Gasteiger partial charge is 0.239 e. The average molecular weight is 291 g/mol. The lowest BCUT2D eigenvalue weighted by atomic mass is 9.81. The molecule has 3 atom stereocenters. The van der Waals surface area contributed by atoms with Crippen LogP contribution in [-0.2, 0) is 9.53 Å². The maximum Gasteiger partial charge on any atom is 0.239 e. The van der Waals surface area contributed by atoms with E-state index in [4.69, 9.17) is 4.74 Å². The summed E-state index contributed by atoms with van der Waals surface area (Å²) in [4.78, 5) is 11.9. The van der Waals surface area contributed by atoms with Gasteiger partial charge in [-0.15, -0.1) is 12.4 Å². The summed E-state index contributed by atoms with van der Waals surface area (Å²) >= 11 is 0. The van der Waals surface area contributed by atoms with Crippen molar-refractivity contribution < 1.29 is 9.53 Å². The minimum absolute atomic E-state index is 0. The summed E-state index contributed by atoms with van der Waals surface area (Å²) in [7, 11) is 0. The van der Waals surface area contributed by atoms with Gasteiger partial charge in [0.2, 0.25) is 5.91 Å². The fourth-order valence-electron chi connectivity index (χ4n) is 3.08. The second-order valence-electron chi connectivity index (χ2n) is 5.80. The molecule has 2 rings (SSSR count). The average Bonchev–Trinajstić information content (AvgIpc) is 2.40. The van der Waals surface area contributed by atoms with Gasteiger partial charge >= 0.3 is 0 Å². The molecule has 0 radical (unpaired) electrons. The minimum Gasteiger partial charge on any atom is -0.378 e. The number of ether oxygens (including phenoxy) is 1. The molecule has 2 aliphatic rings. The molecule has 1 saturated carbocycles. The van der Waals surface area contributed by atoms with Crippen molar-refractivity contribution in [1.29, 1.82) is 0 Å². The van der Waals surface area contributed by atoms with Gasteiger partial charge in [0.05, 0.1) is 13.2 Å². The Morgan fingerprint density at radius 1 is 1.42 bits per heavy atom. The van der Waals surface area contributed by atoms with Crippen LogP contribution >= 0.6 is 12.4 Å². The Hall–Kier alpha value is -0.320. The lowest BCUT2D eigenvalue weighted by molar-refractivity contribution is -0.125.